The molecule has 1 N–H and O–H groups in total. The molecule has 0 bridgehead atoms. The SMILES string of the molecule is COc1ccc2cc(-c3cn4ccnc4c(NCC(C)C)n3)ccc2c1. The van der Waals surface area contributed by atoms with Crippen molar-refractivity contribution >= 4 is 22.2 Å². The van der Waals surface area contributed by atoms with E-state index < -0.39 is 0 Å². The monoisotopic (exact) mass is 346 g/mol. The minimum atomic E-state index is 0.533. The lowest BCUT2D eigenvalue weighted by Crippen LogP contribution is -2.11. The quantitative estimate of drug-likeness (QED) is 0.572. The highest BCUT2D eigenvalue weighted by molar-refractivity contribution is 5.88. The number of hydrogen-bond acceptors (Lipinski definition) is 4. The summed E-state index contributed by atoms with van der Waals surface area (Å²) in [5, 5.41) is 5.73. The van der Waals surface area contributed by atoms with Crippen LogP contribution in [0.25, 0.3) is 27.7 Å². The molecule has 4 aromatic rings. The van der Waals surface area contributed by atoms with Crippen LogP contribution in [0.5, 0.6) is 5.75 Å². The van der Waals surface area contributed by atoms with Crippen molar-refractivity contribution in [2.75, 3.05) is 19.0 Å². The predicted octanol–water partition coefficient (Wildman–Crippen LogP) is 4.63. The summed E-state index contributed by atoms with van der Waals surface area (Å²) in [5.74, 6) is 2.21. The number of nitrogens with zero attached hydrogens (tertiary/aromatic N) is 3. The van der Waals surface area contributed by atoms with E-state index in [4.69, 9.17) is 9.72 Å². The predicted molar refractivity (Wildman–Crippen MR) is 106 cm³/mol. The fourth-order valence-electron chi connectivity index (χ4n) is 3.00. The first-order valence-electron chi connectivity index (χ1n) is 8.80. The molecule has 26 heavy (non-hydrogen) atoms. The van der Waals surface area contributed by atoms with Crippen molar-refractivity contribution in [3.8, 4) is 17.0 Å². The molecule has 0 saturated heterocycles. The molecule has 2 heterocycles. The largest absolute Gasteiger partial charge is 0.497 e. The van der Waals surface area contributed by atoms with E-state index in [1.165, 1.54) is 0 Å². The third-order valence-corrected chi connectivity index (χ3v) is 4.40. The lowest BCUT2D eigenvalue weighted by atomic mass is 10.0. The zero-order valence-corrected chi connectivity index (χ0v) is 15.2. The van der Waals surface area contributed by atoms with Crippen LogP contribution < -0.4 is 10.1 Å². The normalized spacial score (nSPS) is 11.4. The molecular weight excluding hydrogens is 324 g/mol. The molecule has 0 aliphatic rings. The van der Waals surface area contributed by atoms with Crippen LogP contribution in [-0.4, -0.2) is 28.0 Å². The summed E-state index contributed by atoms with van der Waals surface area (Å²) in [6.07, 6.45) is 5.77. The van der Waals surface area contributed by atoms with E-state index in [2.05, 4.69) is 48.4 Å². The molecule has 0 atom stereocenters. The molecule has 2 aromatic carbocycles. The van der Waals surface area contributed by atoms with Gasteiger partial charge in [-0.05, 0) is 34.9 Å². The van der Waals surface area contributed by atoms with Gasteiger partial charge in [-0.25, -0.2) is 9.97 Å². The van der Waals surface area contributed by atoms with Gasteiger partial charge in [0.1, 0.15) is 5.75 Å². The highest BCUT2D eigenvalue weighted by atomic mass is 16.5. The Morgan fingerprint density at radius 3 is 2.73 bits per heavy atom. The Balaban J connectivity index is 1.79. The molecule has 0 unspecified atom stereocenters. The molecule has 0 fully saturated rings. The van der Waals surface area contributed by atoms with Gasteiger partial charge in [0, 0.05) is 30.7 Å². The van der Waals surface area contributed by atoms with Crippen LogP contribution in [0.3, 0.4) is 0 Å². The molecule has 2 aromatic heterocycles. The smallest absolute Gasteiger partial charge is 0.180 e. The third-order valence-electron chi connectivity index (χ3n) is 4.40. The first kappa shape index (κ1) is 16.4. The molecular formula is C21H22N4O. The van der Waals surface area contributed by atoms with Crippen molar-refractivity contribution in [3.05, 3.63) is 55.0 Å². The van der Waals surface area contributed by atoms with E-state index in [0.29, 0.717) is 5.92 Å². The number of anilines is 1. The number of hydrogen-bond donors (Lipinski definition) is 1. The van der Waals surface area contributed by atoms with Crippen LogP contribution in [-0.2, 0) is 0 Å². The van der Waals surface area contributed by atoms with E-state index in [1.54, 1.807) is 13.3 Å². The standard InChI is InChI=1S/C21H22N4O/c1-14(2)12-23-20-21-22-8-9-25(21)13-19(24-20)17-5-4-16-11-18(26-3)7-6-15(16)10-17/h4-11,13-14H,12H2,1-3H3,(H,23,24). The molecule has 0 radical (unpaired) electrons. The second-order valence-corrected chi connectivity index (χ2v) is 6.84. The molecule has 5 nitrogen and oxygen atoms in total. The topological polar surface area (TPSA) is 51.5 Å². The van der Waals surface area contributed by atoms with Crippen molar-refractivity contribution in [2.24, 2.45) is 5.92 Å². The average Bonchev–Trinajstić information content (AvgIpc) is 3.13. The van der Waals surface area contributed by atoms with Crippen molar-refractivity contribution in [1.82, 2.24) is 14.4 Å². The lowest BCUT2D eigenvalue weighted by Gasteiger charge is -2.12. The van der Waals surface area contributed by atoms with E-state index >= 15 is 0 Å². The summed E-state index contributed by atoms with van der Waals surface area (Å²) in [4.78, 5) is 9.26. The first-order chi connectivity index (χ1) is 12.6. The third kappa shape index (κ3) is 3.08. The number of ether oxygens (including phenoxy) is 1. The number of aromatic nitrogens is 3. The number of fused-ring (bicyclic) bond motifs is 2. The van der Waals surface area contributed by atoms with Gasteiger partial charge in [0.25, 0.3) is 0 Å². The Bertz CT molecular complexity index is 1070. The van der Waals surface area contributed by atoms with Crippen molar-refractivity contribution in [1.29, 1.82) is 0 Å². The fraction of sp³-hybridized carbons (Fsp3) is 0.238. The van der Waals surface area contributed by atoms with Crippen molar-refractivity contribution in [3.63, 3.8) is 0 Å². The molecule has 5 heteroatoms. The molecule has 0 amide bonds. The number of methoxy groups -OCH3 is 1. The minimum Gasteiger partial charge on any atom is -0.497 e. The van der Waals surface area contributed by atoms with Gasteiger partial charge in [-0.1, -0.05) is 32.0 Å². The highest BCUT2D eigenvalue weighted by Gasteiger charge is 2.10. The Morgan fingerprint density at radius 1 is 1.12 bits per heavy atom. The van der Waals surface area contributed by atoms with Gasteiger partial charge in [-0.3, -0.25) is 0 Å². The zero-order chi connectivity index (χ0) is 18.1. The van der Waals surface area contributed by atoms with E-state index in [1.807, 2.05) is 28.9 Å². The van der Waals surface area contributed by atoms with Crippen LogP contribution >= 0.6 is 0 Å². The summed E-state index contributed by atoms with van der Waals surface area (Å²) in [6.45, 7) is 5.21. The van der Waals surface area contributed by atoms with Crippen LogP contribution in [0, 0.1) is 5.92 Å². The zero-order valence-electron chi connectivity index (χ0n) is 15.2. The highest BCUT2D eigenvalue weighted by Crippen LogP contribution is 2.27. The summed E-state index contributed by atoms with van der Waals surface area (Å²) in [7, 11) is 1.69. The molecule has 132 valence electrons. The van der Waals surface area contributed by atoms with E-state index in [9.17, 15) is 0 Å². The summed E-state index contributed by atoms with van der Waals surface area (Å²) in [5.41, 5.74) is 2.84. The van der Waals surface area contributed by atoms with Gasteiger partial charge in [0.15, 0.2) is 11.5 Å². The Morgan fingerprint density at radius 2 is 1.92 bits per heavy atom. The van der Waals surface area contributed by atoms with Gasteiger partial charge >= 0.3 is 0 Å². The van der Waals surface area contributed by atoms with Crippen LogP contribution in [0.4, 0.5) is 5.82 Å². The average molecular weight is 346 g/mol. The van der Waals surface area contributed by atoms with E-state index in [0.717, 1.165) is 45.8 Å². The first-order valence-corrected chi connectivity index (χ1v) is 8.80. The number of imidazole rings is 1. The maximum atomic E-state index is 5.31. The molecule has 0 saturated carbocycles. The summed E-state index contributed by atoms with van der Waals surface area (Å²) in [6, 6.07) is 12.5. The van der Waals surface area contributed by atoms with Crippen LogP contribution in [0.15, 0.2) is 55.0 Å². The maximum Gasteiger partial charge on any atom is 0.180 e. The van der Waals surface area contributed by atoms with E-state index in [-0.39, 0.29) is 0 Å². The van der Waals surface area contributed by atoms with Crippen molar-refractivity contribution < 1.29 is 4.74 Å². The Hall–Kier alpha value is -3.08. The number of rotatable bonds is 5. The van der Waals surface area contributed by atoms with Crippen molar-refractivity contribution in [2.45, 2.75) is 13.8 Å². The lowest BCUT2D eigenvalue weighted by molar-refractivity contribution is 0.415. The second kappa shape index (κ2) is 6.67. The Labute approximate surface area is 152 Å². The fourth-order valence-corrected chi connectivity index (χ4v) is 3.00. The number of nitrogens with one attached hydrogen (secondary N) is 1. The summed E-state index contributed by atoms with van der Waals surface area (Å²) >= 11 is 0. The summed E-state index contributed by atoms with van der Waals surface area (Å²) < 4.78 is 7.32. The van der Waals surface area contributed by atoms with Gasteiger partial charge in [-0.15, -0.1) is 0 Å². The van der Waals surface area contributed by atoms with Gasteiger partial charge in [0.05, 0.1) is 12.8 Å². The maximum absolute atomic E-state index is 5.31. The van der Waals surface area contributed by atoms with Gasteiger partial charge < -0.3 is 14.5 Å². The second-order valence-electron chi connectivity index (χ2n) is 6.84. The van der Waals surface area contributed by atoms with Crippen LogP contribution in [0.1, 0.15) is 13.8 Å². The molecule has 0 aliphatic heterocycles. The molecule has 0 spiro atoms. The number of benzene rings is 2. The van der Waals surface area contributed by atoms with Gasteiger partial charge in [-0.2, -0.15) is 0 Å². The Kier molecular flexibility index (Phi) is 4.21. The molecule has 0 aliphatic carbocycles. The van der Waals surface area contributed by atoms with Crippen LogP contribution in [0.2, 0.25) is 0 Å². The minimum absolute atomic E-state index is 0.533. The van der Waals surface area contributed by atoms with Gasteiger partial charge in [0.2, 0.25) is 0 Å². The molecule has 4 rings (SSSR count).